The van der Waals surface area contributed by atoms with Crippen molar-refractivity contribution >= 4 is 5.91 Å². The quantitative estimate of drug-likeness (QED) is 0.653. The molecule has 0 bridgehead atoms. The Kier molecular flexibility index (Phi) is 3.19. The van der Waals surface area contributed by atoms with Crippen LogP contribution in [0, 0.1) is 18.2 Å². The fourth-order valence-electron chi connectivity index (χ4n) is 0.963. The zero-order chi connectivity index (χ0) is 10.6. The van der Waals surface area contributed by atoms with Gasteiger partial charge in [0.1, 0.15) is 0 Å². The first kappa shape index (κ1) is 10.2. The maximum Gasteiger partial charge on any atom is 0.257 e. The van der Waals surface area contributed by atoms with Gasteiger partial charge in [-0.1, -0.05) is 5.92 Å². The molecule has 0 aliphatic rings. The molecule has 0 saturated heterocycles. The lowest BCUT2D eigenvalue weighted by Crippen LogP contribution is -2.27. The number of carbonyl (C=O) groups is 1. The van der Waals surface area contributed by atoms with Gasteiger partial charge in [-0.05, 0) is 6.07 Å². The third-order valence-electron chi connectivity index (χ3n) is 1.68. The highest BCUT2D eigenvalue weighted by Gasteiger charge is 2.14. The Hall–Kier alpha value is -1.89. The average molecular weight is 192 g/mol. The number of amides is 1. The van der Waals surface area contributed by atoms with Crippen LogP contribution >= 0.6 is 0 Å². The number of hydrogen-bond acceptors (Lipinski definition) is 2. The number of halogens is 1. The highest BCUT2D eigenvalue weighted by Crippen LogP contribution is 2.06. The van der Waals surface area contributed by atoms with Gasteiger partial charge in [-0.3, -0.25) is 9.78 Å². The summed E-state index contributed by atoms with van der Waals surface area (Å²) in [5.41, 5.74) is -0.0160. The predicted octanol–water partition coefficient (Wildman–Crippen LogP) is 0.926. The zero-order valence-corrected chi connectivity index (χ0v) is 7.70. The first-order chi connectivity index (χ1) is 6.66. The van der Waals surface area contributed by atoms with E-state index < -0.39 is 11.7 Å². The summed E-state index contributed by atoms with van der Waals surface area (Å²) in [4.78, 5) is 16.3. The molecule has 0 radical (unpaired) electrons. The molecule has 0 fully saturated rings. The molecule has 1 aromatic rings. The standard InChI is InChI=1S/C10H9FN2O/c1-3-6-13(2)10(14)8-4-5-12-7-9(8)11/h1,4-5,7H,6H2,2H3. The second kappa shape index (κ2) is 4.38. The second-order valence-corrected chi connectivity index (χ2v) is 2.72. The van der Waals surface area contributed by atoms with Crippen molar-refractivity contribution in [2.75, 3.05) is 13.6 Å². The number of carbonyl (C=O) groups excluding carboxylic acids is 1. The second-order valence-electron chi connectivity index (χ2n) is 2.72. The molecule has 14 heavy (non-hydrogen) atoms. The van der Waals surface area contributed by atoms with Crippen molar-refractivity contribution in [3.8, 4) is 12.3 Å². The van der Waals surface area contributed by atoms with Crippen molar-refractivity contribution in [1.29, 1.82) is 0 Å². The number of aromatic nitrogens is 1. The average Bonchev–Trinajstić information content (AvgIpc) is 2.18. The van der Waals surface area contributed by atoms with Crippen molar-refractivity contribution in [2.45, 2.75) is 0 Å². The summed E-state index contributed by atoms with van der Waals surface area (Å²) in [6.45, 7) is 0.153. The van der Waals surface area contributed by atoms with E-state index >= 15 is 0 Å². The van der Waals surface area contributed by atoms with Crippen LogP contribution in [0.1, 0.15) is 10.4 Å². The van der Waals surface area contributed by atoms with Crippen LogP contribution in [-0.4, -0.2) is 29.4 Å². The number of terminal acetylenes is 1. The summed E-state index contributed by atoms with van der Waals surface area (Å²) >= 11 is 0. The van der Waals surface area contributed by atoms with E-state index in [1.54, 1.807) is 0 Å². The maximum atomic E-state index is 13.1. The predicted molar refractivity (Wildman–Crippen MR) is 50.0 cm³/mol. The number of pyridine rings is 1. The van der Waals surface area contributed by atoms with Gasteiger partial charge in [0.05, 0.1) is 18.3 Å². The van der Waals surface area contributed by atoms with Crippen molar-refractivity contribution < 1.29 is 9.18 Å². The van der Waals surface area contributed by atoms with Crippen molar-refractivity contribution in [3.63, 3.8) is 0 Å². The summed E-state index contributed by atoms with van der Waals surface area (Å²) in [5.74, 6) is 1.23. The Morgan fingerprint density at radius 2 is 2.50 bits per heavy atom. The highest BCUT2D eigenvalue weighted by atomic mass is 19.1. The molecule has 0 aromatic carbocycles. The van der Waals surface area contributed by atoms with Gasteiger partial charge < -0.3 is 4.90 Å². The van der Waals surface area contributed by atoms with Gasteiger partial charge >= 0.3 is 0 Å². The SMILES string of the molecule is C#CCN(C)C(=O)c1ccncc1F. The van der Waals surface area contributed by atoms with Crippen molar-refractivity contribution in [3.05, 3.63) is 29.8 Å². The minimum Gasteiger partial charge on any atom is -0.330 e. The van der Waals surface area contributed by atoms with Crippen LogP contribution in [0.15, 0.2) is 18.5 Å². The first-order valence-corrected chi connectivity index (χ1v) is 3.95. The van der Waals surface area contributed by atoms with E-state index in [1.807, 2.05) is 0 Å². The van der Waals surface area contributed by atoms with Crippen LogP contribution in [0.25, 0.3) is 0 Å². The fraction of sp³-hybridized carbons (Fsp3) is 0.200. The number of rotatable bonds is 2. The lowest BCUT2D eigenvalue weighted by atomic mass is 10.2. The van der Waals surface area contributed by atoms with E-state index in [9.17, 15) is 9.18 Å². The molecule has 0 N–H and O–H groups in total. The molecule has 4 heteroatoms. The van der Waals surface area contributed by atoms with Crippen LogP contribution in [0.2, 0.25) is 0 Å². The van der Waals surface area contributed by atoms with E-state index in [1.165, 1.54) is 24.2 Å². The third kappa shape index (κ3) is 2.07. The van der Waals surface area contributed by atoms with Gasteiger partial charge in [0, 0.05) is 13.2 Å². The van der Waals surface area contributed by atoms with Crippen molar-refractivity contribution in [2.24, 2.45) is 0 Å². The molecule has 1 aromatic heterocycles. The molecule has 1 amide bonds. The van der Waals surface area contributed by atoms with Crippen LogP contribution in [0.5, 0.6) is 0 Å². The highest BCUT2D eigenvalue weighted by molar-refractivity contribution is 5.94. The molecule has 0 atom stereocenters. The smallest absolute Gasteiger partial charge is 0.257 e. The molecule has 0 spiro atoms. The maximum absolute atomic E-state index is 13.1. The van der Waals surface area contributed by atoms with E-state index in [4.69, 9.17) is 6.42 Å². The fourth-order valence-corrected chi connectivity index (χ4v) is 0.963. The lowest BCUT2D eigenvalue weighted by molar-refractivity contribution is 0.0808. The van der Waals surface area contributed by atoms with E-state index in [2.05, 4.69) is 10.9 Å². The normalized spacial score (nSPS) is 9.21. The molecule has 1 rings (SSSR count). The molecule has 0 saturated carbocycles. The van der Waals surface area contributed by atoms with E-state index in [0.717, 1.165) is 6.20 Å². The number of hydrogen-bond donors (Lipinski definition) is 0. The summed E-state index contributed by atoms with van der Waals surface area (Å²) in [7, 11) is 1.52. The van der Waals surface area contributed by atoms with Gasteiger partial charge in [0.15, 0.2) is 5.82 Å². The van der Waals surface area contributed by atoms with E-state index in [0.29, 0.717) is 0 Å². The Bertz CT molecular complexity index is 384. The monoisotopic (exact) mass is 192 g/mol. The summed E-state index contributed by atoms with van der Waals surface area (Å²) in [6.07, 6.45) is 7.39. The lowest BCUT2D eigenvalue weighted by Gasteiger charge is -2.13. The van der Waals surface area contributed by atoms with E-state index in [-0.39, 0.29) is 12.1 Å². The molecular weight excluding hydrogens is 183 g/mol. The molecule has 3 nitrogen and oxygen atoms in total. The Balaban J connectivity index is 2.91. The Labute approximate surface area is 81.6 Å². The minimum absolute atomic E-state index is 0.0160. The van der Waals surface area contributed by atoms with Gasteiger partial charge in [-0.25, -0.2) is 4.39 Å². The Morgan fingerprint density at radius 3 is 3.07 bits per heavy atom. The summed E-state index contributed by atoms with van der Waals surface area (Å²) in [5, 5.41) is 0. The zero-order valence-electron chi connectivity index (χ0n) is 7.70. The first-order valence-electron chi connectivity index (χ1n) is 3.95. The van der Waals surface area contributed by atoms with Gasteiger partial charge in [-0.2, -0.15) is 0 Å². The summed E-state index contributed by atoms with van der Waals surface area (Å²) in [6, 6.07) is 1.32. The van der Waals surface area contributed by atoms with Crippen LogP contribution < -0.4 is 0 Å². The number of nitrogens with zero attached hydrogens (tertiary/aromatic N) is 2. The van der Waals surface area contributed by atoms with Crippen molar-refractivity contribution in [1.82, 2.24) is 9.88 Å². The largest absolute Gasteiger partial charge is 0.330 e. The molecule has 0 aliphatic carbocycles. The third-order valence-corrected chi connectivity index (χ3v) is 1.68. The van der Waals surface area contributed by atoms with Gasteiger partial charge in [0.25, 0.3) is 5.91 Å². The molecule has 1 heterocycles. The van der Waals surface area contributed by atoms with Gasteiger partial charge in [0.2, 0.25) is 0 Å². The van der Waals surface area contributed by atoms with Crippen LogP contribution in [0.3, 0.4) is 0 Å². The summed E-state index contributed by atoms with van der Waals surface area (Å²) < 4.78 is 13.1. The minimum atomic E-state index is -0.638. The van der Waals surface area contributed by atoms with Crippen LogP contribution in [0.4, 0.5) is 4.39 Å². The van der Waals surface area contributed by atoms with Crippen LogP contribution in [-0.2, 0) is 0 Å². The molecule has 72 valence electrons. The van der Waals surface area contributed by atoms with Gasteiger partial charge in [-0.15, -0.1) is 6.42 Å². The Morgan fingerprint density at radius 1 is 1.79 bits per heavy atom. The molecule has 0 aliphatic heterocycles. The topological polar surface area (TPSA) is 33.2 Å². The molecular formula is C10H9FN2O. The molecule has 0 unspecified atom stereocenters.